The van der Waals surface area contributed by atoms with E-state index in [0.29, 0.717) is 17.9 Å². The van der Waals surface area contributed by atoms with Crippen LogP contribution in [0.25, 0.3) is 0 Å². The summed E-state index contributed by atoms with van der Waals surface area (Å²) in [7, 11) is 3.56. The van der Waals surface area contributed by atoms with Crippen molar-refractivity contribution in [3.63, 3.8) is 0 Å². The largest absolute Gasteiger partial charge is 0.467 e. The average Bonchev–Trinajstić information content (AvgIpc) is 2.41. The fourth-order valence-electron chi connectivity index (χ4n) is 1.66. The molecule has 0 aliphatic carbocycles. The number of hydrogen-bond acceptors (Lipinski definition) is 6. The summed E-state index contributed by atoms with van der Waals surface area (Å²) in [5, 5.41) is 3.17. The van der Waals surface area contributed by atoms with E-state index < -0.39 is 0 Å². The summed E-state index contributed by atoms with van der Waals surface area (Å²) >= 11 is 0. The van der Waals surface area contributed by atoms with Crippen LogP contribution >= 0.6 is 0 Å². The minimum absolute atomic E-state index is 0.131. The summed E-state index contributed by atoms with van der Waals surface area (Å²) in [4.78, 5) is 15.1. The van der Waals surface area contributed by atoms with Crippen LogP contribution in [0.5, 0.6) is 6.01 Å². The highest BCUT2D eigenvalue weighted by Gasteiger charge is 2.26. The van der Waals surface area contributed by atoms with Crippen molar-refractivity contribution in [2.24, 2.45) is 5.41 Å². The van der Waals surface area contributed by atoms with Crippen LogP contribution in [0.4, 0.5) is 11.9 Å². The zero-order valence-corrected chi connectivity index (χ0v) is 13.7. The first-order chi connectivity index (χ1) is 9.29. The standard InChI is InChI=1S/C14H27N5O/c1-8-9-15-11-16-12(18-13(17-11)20-7)19(6)10(2)14(3,4)5/h10H,8-9H2,1-7H3,(H,15,16,17,18). The van der Waals surface area contributed by atoms with Crippen LogP contribution in [0.1, 0.15) is 41.0 Å². The van der Waals surface area contributed by atoms with Crippen LogP contribution in [-0.2, 0) is 0 Å². The molecule has 0 radical (unpaired) electrons. The van der Waals surface area contributed by atoms with Crippen LogP contribution in [0, 0.1) is 5.41 Å². The van der Waals surface area contributed by atoms with Gasteiger partial charge in [-0.3, -0.25) is 0 Å². The second kappa shape index (κ2) is 6.72. The molecule has 1 heterocycles. The molecule has 1 aromatic heterocycles. The van der Waals surface area contributed by atoms with Crippen molar-refractivity contribution in [3.8, 4) is 6.01 Å². The number of methoxy groups -OCH3 is 1. The van der Waals surface area contributed by atoms with Gasteiger partial charge in [-0.05, 0) is 18.8 Å². The molecule has 20 heavy (non-hydrogen) atoms. The number of nitrogens with zero attached hydrogens (tertiary/aromatic N) is 4. The quantitative estimate of drug-likeness (QED) is 0.864. The van der Waals surface area contributed by atoms with E-state index in [2.05, 4.69) is 59.8 Å². The fourth-order valence-corrected chi connectivity index (χ4v) is 1.66. The molecule has 1 unspecified atom stereocenters. The van der Waals surface area contributed by atoms with Gasteiger partial charge in [0, 0.05) is 19.6 Å². The molecule has 6 heteroatoms. The molecule has 1 rings (SSSR count). The molecule has 0 bridgehead atoms. The highest BCUT2D eigenvalue weighted by Crippen LogP contribution is 2.26. The molecule has 0 aromatic carbocycles. The summed E-state index contributed by atoms with van der Waals surface area (Å²) in [5.41, 5.74) is 0.131. The Morgan fingerprint density at radius 1 is 1.25 bits per heavy atom. The Bertz CT molecular complexity index is 430. The molecule has 1 atom stereocenters. The number of hydrogen-bond donors (Lipinski definition) is 1. The average molecular weight is 281 g/mol. The lowest BCUT2D eigenvalue weighted by atomic mass is 9.87. The van der Waals surface area contributed by atoms with Crippen molar-refractivity contribution in [3.05, 3.63) is 0 Å². The number of anilines is 2. The van der Waals surface area contributed by atoms with Gasteiger partial charge in [0.2, 0.25) is 11.9 Å². The zero-order chi connectivity index (χ0) is 15.3. The molecule has 0 aliphatic heterocycles. The Hall–Kier alpha value is -1.59. The summed E-state index contributed by atoms with van der Waals surface area (Å²) in [6, 6.07) is 0.621. The van der Waals surface area contributed by atoms with Crippen LogP contribution < -0.4 is 15.0 Å². The van der Waals surface area contributed by atoms with E-state index in [0.717, 1.165) is 13.0 Å². The minimum Gasteiger partial charge on any atom is -0.467 e. The van der Waals surface area contributed by atoms with Gasteiger partial charge in [0.1, 0.15) is 0 Å². The first-order valence-electron chi connectivity index (χ1n) is 7.06. The SMILES string of the molecule is CCCNc1nc(OC)nc(N(C)C(C)C(C)(C)C)n1. The Balaban J connectivity index is 3.03. The number of nitrogens with one attached hydrogen (secondary N) is 1. The van der Waals surface area contributed by atoms with Gasteiger partial charge in [0.25, 0.3) is 0 Å². The molecule has 1 N–H and O–H groups in total. The molecule has 0 fully saturated rings. The van der Waals surface area contributed by atoms with Crippen LogP contribution in [-0.4, -0.2) is 41.7 Å². The Morgan fingerprint density at radius 3 is 2.40 bits per heavy atom. The van der Waals surface area contributed by atoms with Gasteiger partial charge < -0.3 is 15.0 Å². The van der Waals surface area contributed by atoms with Gasteiger partial charge in [-0.2, -0.15) is 15.0 Å². The van der Waals surface area contributed by atoms with E-state index >= 15 is 0 Å². The van der Waals surface area contributed by atoms with Crippen molar-refractivity contribution >= 4 is 11.9 Å². The maximum atomic E-state index is 5.16. The molecular formula is C14H27N5O. The zero-order valence-electron chi connectivity index (χ0n) is 13.7. The van der Waals surface area contributed by atoms with Gasteiger partial charge >= 0.3 is 6.01 Å². The molecule has 0 saturated carbocycles. The molecule has 114 valence electrons. The molecule has 0 spiro atoms. The van der Waals surface area contributed by atoms with Gasteiger partial charge in [0.15, 0.2) is 0 Å². The van der Waals surface area contributed by atoms with E-state index in [1.807, 2.05) is 7.05 Å². The molecular weight excluding hydrogens is 254 g/mol. The maximum Gasteiger partial charge on any atom is 0.322 e. The normalized spacial score (nSPS) is 12.9. The van der Waals surface area contributed by atoms with Crippen molar-refractivity contribution in [2.75, 3.05) is 30.9 Å². The van der Waals surface area contributed by atoms with Gasteiger partial charge in [-0.15, -0.1) is 0 Å². The summed E-state index contributed by atoms with van der Waals surface area (Å²) in [6.45, 7) is 11.7. The third kappa shape index (κ3) is 4.21. The number of rotatable bonds is 6. The Kier molecular flexibility index (Phi) is 5.53. The van der Waals surface area contributed by atoms with Crippen molar-refractivity contribution < 1.29 is 4.74 Å². The lowest BCUT2D eigenvalue weighted by Gasteiger charge is -2.35. The van der Waals surface area contributed by atoms with Crippen LogP contribution in [0.3, 0.4) is 0 Å². The monoisotopic (exact) mass is 281 g/mol. The Morgan fingerprint density at radius 2 is 1.90 bits per heavy atom. The smallest absolute Gasteiger partial charge is 0.322 e. The van der Waals surface area contributed by atoms with Gasteiger partial charge in [-0.1, -0.05) is 27.7 Å². The van der Waals surface area contributed by atoms with E-state index in [4.69, 9.17) is 4.74 Å². The third-order valence-electron chi connectivity index (χ3n) is 3.47. The number of aromatic nitrogens is 3. The topological polar surface area (TPSA) is 63.2 Å². The second-order valence-corrected chi connectivity index (χ2v) is 6.03. The predicted molar refractivity (Wildman–Crippen MR) is 82.5 cm³/mol. The van der Waals surface area contributed by atoms with E-state index in [-0.39, 0.29) is 11.5 Å². The van der Waals surface area contributed by atoms with E-state index in [1.165, 1.54) is 0 Å². The summed E-state index contributed by atoms with van der Waals surface area (Å²) in [6.07, 6.45) is 1.01. The lowest BCUT2D eigenvalue weighted by molar-refractivity contribution is 0.325. The van der Waals surface area contributed by atoms with Crippen molar-refractivity contribution in [1.82, 2.24) is 15.0 Å². The molecule has 0 aliphatic rings. The first kappa shape index (κ1) is 16.5. The van der Waals surface area contributed by atoms with E-state index in [9.17, 15) is 0 Å². The molecule has 0 amide bonds. The molecule has 1 aromatic rings. The van der Waals surface area contributed by atoms with Crippen LogP contribution in [0.15, 0.2) is 0 Å². The summed E-state index contributed by atoms with van der Waals surface area (Å²) in [5.74, 6) is 1.18. The fraction of sp³-hybridized carbons (Fsp3) is 0.786. The lowest BCUT2D eigenvalue weighted by Crippen LogP contribution is -2.40. The van der Waals surface area contributed by atoms with Gasteiger partial charge in [-0.25, -0.2) is 0 Å². The van der Waals surface area contributed by atoms with Crippen molar-refractivity contribution in [1.29, 1.82) is 0 Å². The highest BCUT2D eigenvalue weighted by atomic mass is 16.5. The summed E-state index contributed by atoms with van der Waals surface area (Å²) < 4.78 is 5.16. The predicted octanol–water partition coefficient (Wildman–Crippen LogP) is 2.57. The minimum atomic E-state index is 0.131. The third-order valence-corrected chi connectivity index (χ3v) is 3.47. The number of ether oxygens (including phenoxy) is 1. The Labute approximate surface area is 122 Å². The maximum absolute atomic E-state index is 5.16. The van der Waals surface area contributed by atoms with Gasteiger partial charge in [0.05, 0.1) is 7.11 Å². The van der Waals surface area contributed by atoms with Crippen molar-refractivity contribution in [2.45, 2.75) is 47.1 Å². The van der Waals surface area contributed by atoms with Crippen LogP contribution in [0.2, 0.25) is 0 Å². The molecule has 6 nitrogen and oxygen atoms in total. The highest BCUT2D eigenvalue weighted by molar-refractivity contribution is 5.38. The van der Waals surface area contributed by atoms with E-state index in [1.54, 1.807) is 7.11 Å². The molecule has 0 saturated heterocycles. The second-order valence-electron chi connectivity index (χ2n) is 6.03. The first-order valence-corrected chi connectivity index (χ1v) is 7.06.